The quantitative estimate of drug-likeness (QED) is 0.684. The van der Waals surface area contributed by atoms with Crippen LogP contribution in [0.5, 0.6) is 5.75 Å². The van der Waals surface area contributed by atoms with Crippen LogP contribution in [-0.4, -0.2) is 29.0 Å². The number of halogens is 2. The predicted molar refractivity (Wildman–Crippen MR) is 89.2 cm³/mol. The number of aromatic amines is 1. The summed E-state index contributed by atoms with van der Waals surface area (Å²) in [6.07, 6.45) is 5.19. The molecule has 22 heavy (non-hydrogen) atoms. The maximum atomic E-state index is 11.7. The van der Waals surface area contributed by atoms with Gasteiger partial charge in [-0.2, -0.15) is 0 Å². The minimum absolute atomic E-state index is 0.0185. The lowest BCUT2D eigenvalue weighted by atomic mass is 10.3. The lowest BCUT2D eigenvalue weighted by Crippen LogP contribution is -2.25. The molecule has 118 valence electrons. The number of benzene rings is 1. The van der Waals surface area contributed by atoms with Gasteiger partial charge in [0.05, 0.1) is 18.0 Å². The van der Waals surface area contributed by atoms with Crippen LogP contribution in [-0.2, 0) is 11.2 Å². The third-order valence-electron chi connectivity index (χ3n) is 2.97. The second-order valence-corrected chi connectivity index (χ2v) is 6.03. The predicted octanol–water partition coefficient (Wildman–Crippen LogP) is 3.34. The Morgan fingerprint density at radius 2 is 2.32 bits per heavy atom. The number of H-pyrrole nitrogens is 1. The molecule has 0 radical (unpaired) electrons. The molecular weight excluding hydrogens is 370 g/mol. The average molecular weight is 387 g/mol. The zero-order chi connectivity index (χ0) is 15.8. The standard InChI is InChI=1S/C15H17BrClN3O2/c16-11-3-4-14(13(17)8-11)22-7-1-2-15(21)19-6-5-12-9-18-10-20-12/h3-4,8-10H,1-2,5-7H2,(H,18,20)(H,19,21). The van der Waals surface area contributed by atoms with Crippen molar-refractivity contribution < 1.29 is 9.53 Å². The van der Waals surface area contributed by atoms with Crippen molar-refractivity contribution in [3.8, 4) is 5.75 Å². The molecule has 0 bridgehead atoms. The Labute approximate surface area is 142 Å². The van der Waals surface area contributed by atoms with Gasteiger partial charge >= 0.3 is 0 Å². The van der Waals surface area contributed by atoms with Gasteiger partial charge in [-0.15, -0.1) is 0 Å². The summed E-state index contributed by atoms with van der Waals surface area (Å²) in [5.41, 5.74) is 1.01. The number of nitrogens with one attached hydrogen (secondary N) is 2. The van der Waals surface area contributed by atoms with E-state index in [4.69, 9.17) is 16.3 Å². The summed E-state index contributed by atoms with van der Waals surface area (Å²) in [7, 11) is 0. The molecule has 2 aromatic rings. The van der Waals surface area contributed by atoms with Crippen molar-refractivity contribution in [1.29, 1.82) is 0 Å². The monoisotopic (exact) mass is 385 g/mol. The van der Waals surface area contributed by atoms with Gasteiger partial charge in [-0.05, 0) is 24.6 Å². The minimum Gasteiger partial charge on any atom is -0.492 e. The molecule has 0 spiro atoms. The molecule has 5 nitrogen and oxygen atoms in total. The van der Waals surface area contributed by atoms with E-state index in [-0.39, 0.29) is 5.91 Å². The van der Waals surface area contributed by atoms with Gasteiger partial charge in [0.15, 0.2) is 0 Å². The second-order valence-electron chi connectivity index (χ2n) is 4.70. The summed E-state index contributed by atoms with van der Waals surface area (Å²) >= 11 is 9.38. The molecule has 1 aromatic heterocycles. The highest BCUT2D eigenvalue weighted by atomic mass is 79.9. The molecule has 0 saturated carbocycles. The zero-order valence-corrected chi connectivity index (χ0v) is 14.3. The van der Waals surface area contributed by atoms with Crippen molar-refractivity contribution in [2.24, 2.45) is 0 Å². The van der Waals surface area contributed by atoms with Crippen LogP contribution in [0.4, 0.5) is 0 Å². The third kappa shape index (κ3) is 5.69. The Morgan fingerprint density at radius 1 is 1.45 bits per heavy atom. The molecule has 2 rings (SSSR count). The first-order valence-electron chi connectivity index (χ1n) is 6.97. The molecule has 2 N–H and O–H groups in total. The van der Waals surface area contributed by atoms with Crippen molar-refractivity contribution >= 4 is 33.4 Å². The second kappa shape index (κ2) is 8.80. The number of rotatable bonds is 8. The van der Waals surface area contributed by atoms with Crippen molar-refractivity contribution in [2.45, 2.75) is 19.3 Å². The van der Waals surface area contributed by atoms with E-state index < -0.39 is 0 Å². The highest BCUT2D eigenvalue weighted by molar-refractivity contribution is 9.10. The van der Waals surface area contributed by atoms with Crippen LogP contribution in [0.3, 0.4) is 0 Å². The van der Waals surface area contributed by atoms with Crippen LogP contribution >= 0.6 is 27.5 Å². The number of hydrogen-bond acceptors (Lipinski definition) is 3. The number of imidazole rings is 1. The largest absolute Gasteiger partial charge is 0.492 e. The normalized spacial score (nSPS) is 10.5. The van der Waals surface area contributed by atoms with E-state index >= 15 is 0 Å². The van der Waals surface area contributed by atoms with Crippen LogP contribution in [0, 0.1) is 0 Å². The first-order valence-corrected chi connectivity index (χ1v) is 8.14. The van der Waals surface area contributed by atoms with Crippen LogP contribution in [0.1, 0.15) is 18.5 Å². The molecule has 0 saturated heterocycles. The first kappa shape index (κ1) is 16.8. The summed E-state index contributed by atoms with van der Waals surface area (Å²) < 4.78 is 6.46. The lowest BCUT2D eigenvalue weighted by Gasteiger charge is -2.08. The number of aromatic nitrogens is 2. The van der Waals surface area contributed by atoms with Crippen molar-refractivity contribution in [2.75, 3.05) is 13.2 Å². The molecule has 0 unspecified atom stereocenters. The first-order chi connectivity index (χ1) is 10.6. The van der Waals surface area contributed by atoms with Gasteiger partial charge in [-0.1, -0.05) is 27.5 Å². The van der Waals surface area contributed by atoms with Gasteiger partial charge in [0.25, 0.3) is 0 Å². The van der Waals surface area contributed by atoms with E-state index in [2.05, 4.69) is 31.2 Å². The number of hydrogen-bond donors (Lipinski definition) is 2. The van der Waals surface area contributed by atoms with E-state index in [1.165, 1.54) is 0 Å². The van der Waals surface area contributed by atoms with Crippen LogP contribution in [0.25, 0.3) is 0 Å². The summed E-state index contributed by atoms with van der Waals surface area (Å²) in [4.78, 5) is 18.6. The maximum absolute atomic E-state index is 11.7. The Balaban J connectivity index is 1.58. The van der Waals surface area contributed by atoms with Gasteiger partial charge < -0.3 is 15.0 Å². The van der Waals surface area contributed by atoms with E-state index in [1.807, 2.05) is 6.07 Å². The lowest BCUT2D eigenvalue weighted by molar-refractivity contribution is -0.121. The Hall–Kier alpha value is -1.53. The van der Waals surface area contributed by atoms with Gasteiger partial charge in [0.1, 0.15) is 5.75 Å². The van der Waals surface area contributed by atoms with E-state index in [9.17, 15) is 4.79 Å². The van der Waals surface area contributed by atoms with Crippen molar-refractivity contribution in [3.63, 3.8) is 0 Å². The van der Waals surface area contributed by atoms with Crippen LogP contribution in [0.15, 0.2) is 35.2 Å². The molecular formula is C15H17BrClN3O2. The summed E-state index contributed by atoms with van der Waals surface area (Å²) in [6.45, 7) is 1.05. The Bertz CT molecular complexity index is 605. The highest BCUT2D eigenvalue weighted by Crippen LogP contribution is 2.27. The molecule has 0 atom stereocenters. The summed E-state index contributed by atoms with van der Waals surface area (Å²) in [6, 6.07) is 5.44. The molecule has 1 heterocycles. The van der Waals surface area contributed by atoms with Crippen molar-refractivity contribution in [1.82, 2.24) is 15.3 Å². The van der Waals surface area contributed by atoms with E-state index in [1.54, 1.807) is 24.7 Å². The van der Waals surface area contributed by atoms with Gasteiger partial charge in [0, 0.05) is 35.7 Å². The van der Waals surface area contributed by atoms with E-state index in [0.717, 1.165) is 16.6 Å². The molecule has 1 aromatic carbocycles. The summed E-state index contributed by atoms with van der Waals surface area (Å²) in [5, 5.41) is 3.42. The number of amides is 1. The number of carbonyl (C=O) groups is 1. The fraction of sp³-hybridized carbons (Fsp3) is 0.333. The van der Waals surface area contributed by atoms with Gasteiger partial charge in [-0.25, -0.2) is 4.98 Å². The SMILES string of the molecule is O=C(CCCOc1ccc(Br)cc1Cl)NCCc1cnc[nH]1. The molecule has 0 aliphatic rings. The fourth-order valence-corrected chi connectivity index (χ4v) is 2.58. The zero-order valence-electron chi connectivity index (χ0n) is 11.9. The molecule has 0 aliphatic carbocycles. The fourth-order valence-electron chi connectivity index (χ4n) is 1.85. The van der Waals surface area contributed by atoms with E-state index in [0.29, 0.717) is 36.8 Å². The molecule has 0 fully saturated rings. The Morgan fingerprint density at radius 3 is 3.05 bits per heavy atom. The van der Waals surface area contributed by atoms with Crippen LogP contribution in [0.2, 0.25) is 5.02 Å². The number of carbonyl (C=O) groups excluding carboxylic acids is 1. The van der Waals surface area contributed by atoms with Gasteiger partial charge in [0.2, 0.25) is 5.91 Å². The van der Waals surface area contributed by atoms with Crippen molar-refractivity contribution in [3.05, 3.63) is 45.9 Å². The van der Waals surface area contributed by atoms with Crippen LogP contribution < -0.4 is 10.1 Å². The topological polar surface area (TPSA) is 67.0 Å². The minimum atomic E-state index is 0.0185. The highest BCUT2D eigenvalue weighted by Gasteiger charge is 2.04. The molecule has 0 aliphatic heterocycles. The average Bonchev–Trinajstić information content (AvgIpc) is 2.99. The Kier molecular flexibility index (Phi) is 6.74. The maximum Gasteiger partial charge on any atom is 0.220 e. The third-order valence-corrected chi connectivity index (χ3v) is 3.76. The van der Waals surface area contributed by atoms with Gasteiger partial charge in [-0.3, -0.25) is 4.79 Å². The summed E-state index contributed by atoms with van der Waals surface area (Å²) in [5.74, 6) is 0.648. The number of ether oxygens (including phenoxy) is 1. The number of nitrogens with zero attached hydrogens (tertiary/aromatic N) is 1. The smallest absolute Gasteiger partial charge is 0.220 e. The molecule has 7 heteroatoms. The molecule has 1 amide bonds.